The molecular weight excluding hydrogens is 562 g/mol. The Kier molecular flexibility index (Phi) is 27.8. The first kappa shape index (κ1) is 41.0. The molecule has 2 atom stereocenters. The summed E-state index contributed by atoms with van der Waals surface area (Å²) in [4.78, 5) is 2.59. The predicted molar refractivity (Wildman–Crippen MR) is 203 cm³/mol. The van der Waals surface area contributed by atoms with Gasteiger partial charge in [0.2, 0.25) is 0 Å². The zero-order valence-corrected chi connectivity index (χ0v) is 30.8. The number of rotatable bonds is 31. The van der Waals surface area contributed by atoms with Gasteiger partial charge < -0.3 is 14.4 Å². The third-order valence-corrected chi connectivity index (χ3v) is 9.83. The minimum absolute atomic E-state index is 0.0199. The highest BCUT2D eigenvalue weighted by Gasteiger charge is 2.35. The molecule has 0 bridgehead atoms. The highest BCUT2D eigenvalue weighted by atomic mass is 16.7. The first-order valence-corrected chi connectivity index (χ1v) is 20.5. The van der Waals surface area contributed by atoms with Gasteiger partial charge in [0.15, 0.2) is 6.29 Å². The molecule has 46 heavy (non-hydrogen) atoms. The molecule has 2 rings (SSSR count). The fraction of sp³-hybridized carbons (Fsp3) is 0.814. The number of allylic oxidation sites excluding steroid dienone is 8. The first-order chi connectivity index (χ1) is 22.8. The molecule has 2 heterocycles. The van der Waals surface area contributed by atoms with E-state index in [1.165, 1.54) is 167 Å². The molecule has 3 heteroatoms. The first-order valence-electron chi connectivity index (χ1n) is 20.5. The molecule has 2 aliphatic heterocycles. The summed E-state index contributed by atoms with van der Waals surface area (Å²) in [7, 11) is 0. The summed E-state index contributed by atoms with van der Waals surface area (Å²) in [6.45, 7) is 8.20. The molecule has 266 valence electrons. The van der Waals surface area contributed by atoms with Gasteiger partial charge in [-0.25, -0.2) is 0 Å². The van der Waals surface area contributed by atoms with Crippen molar-refractivity contribution in [3.63, 3.8) is 0 Å². The van der Waals surface area contributed by atoms with Crippen LogP contribution in [0.1, 0.15) is 187 Å². The molecule has 0 N–H and O–H groups in total. The summed E-state index contributed by atoms with van der Waals surface area (Å²) in [6, 6.07) is 0. The second kappa shape index (κ2) is 31.1. The lowest BCUT2D eigenvalue weighted by atomic mass is 9.99. The third kappa shape index (κ3) is 23.2. The lowest BCUT2D eigenvalue weighted by Gasteiger charge is -2.17. The summed E-state index contributed by atoms with van der Waals surface area (Å²) in [5, 5.41) is 0. The Labute approximate surface area is 287 Å². The van der Waals surface area contributed by atoms with Gasteiger partial charge in [-0.15, -0.1) is 0 Å². The Hall–Kier alpha value is -1.16. The van der Waals surface area contributed by atoms with E-state index >= 15 is 0 Å². The molecule has 0 aromatic carbocycles. The molecule has 2 saturated heterocycles. The van der Waals surface area contributed by atoms with E-state index in [2.05, 4.69) is 67.4 Å². The van der Waals surface area contributed by atoms with Gasteiger partial charge in [0, 0.05) is 13.0 Å². The Bertz CT molecular complexity index is 711. The van der Waals surface area contributed by atoms with E-state index in [1.54, 1.807) is 0 Å². The monoisotopic (exact) mass is 640 g/mol. The molecule has 2 fully saturated rings. The van der Waals surface area contributed by atoms with Crippen molar-refractivity contribution in [2.45, 2.75) is 206 Å². The third-order valence-electron chi connectivity index (χ3n) is 9.83. The van der Waals surface area contributed by atoms with E-state index < -0.39 is 0 Å². The fourth-order valence-corrected chi connectivity index (χ4v) is 6.85. The molecule has 0 aromatic rings. The van der Waals surface area contributed by atoms with Gasteiger partial charge in [0.1, 0.15) is 0 Å². The van der Waals surface area contributed by atoms with Crippen LogP contribution in [-0.2, 0) is 9.47 Å². The van der Waals surface area contributed by atoms with Crippen molar-refractivity contribution in [1.82, 2.24) is 4.90 Å². The van der Waals surface area contributed by atoms with Crippen LogP contribution in [0, 0.1) is 0 Å². The molecule has 0 spiro atoms. The van der Waals surface area contributed by atoms with E-state index in [4.69, 9.17) is 9.47 Å². The smallest absolute Gasteiger partial charge is 0.159 e. The highest BCUT2D eigenvalue weighted by Crippen LogP contribution is 2.29. The van der Waals surface area contributed by atoms with Crippen LogP contribution in [0.4, 0.5) is 0 Å². The molecular formula is C43H77NO2. The average Bonchev–Trinajstić information content (AvgIpc) is 3.73. The van der Waals surface area contributed by atoms with Gasteiger partial charge in [0.05, 0.1) is 12.2 Å². The zero-order chi connectivity index (χ0) is 32.6. The van der Waals surface area contributed by atoms with Gasteiger partial charge in [-0.1, -0.05) is 140 Å². The van der Waals surface area contributed by atoms with E-state index in [0.29, 0.717) is 12.2 Å². The van der Waals surface area contributed by atoms with E-state index in [0.717, 1.165) is 25.8 Å². The van der Waals surface area contributed by atoms with Crippen LogP contribution in [0.5, 0.6) is 0 Å². The Morgan fingerprint density at radius 1 is 0.457 bits per heavy atom. The summed E-state index contributed by atoms with van der Waals surface area (Å²) in [6.07, 6.45) is 54.1. The summed E-state index contributed by atoms with van der Waals surface area (Å²) in [5.41, 5.74) is 0. The second-order valence-electron chi connectivity index (χ2n) is 14.2. The molecule has 0 aromatic heterocycles. The van der Waals surface area contributed by atoms with Gasteiger partial charge in [-0.3, -0.25) is 0 Å². The summed E-state index contributed by atoms with van der Waals surface area (Å²) in [5.74, 6) is 0. The van der Waals surface area contributed by atoms with Crippen LogP contribution >= 0.6 is 0 Å². The largest absolute Gasteiger partial charge is 0.347 e. The number of unbranched alkanes of at least 4 members (excludes halogenated alkanes) is 16. The normalized spacial score (nSPS) is 21.0. The lowest BCUT2D eigenvalue weighted by molar-refractivity contribution is -0.0751. The zero-order valence-electron chi connectivity index (χ0n) is 30.8. The SMILES string of the molecule is CCCCC/C=C\C/C=C\CCCCCCCC1OC(CCN2CCCC2)OC1CCCCCCC/C=C\C/C=C\CCCCC. The van der Waals surface area contributed by atoms with Crippen molar-refractivity contribution in [3.05, 3.63) is 48.6 Å². The topological polar surface area (TPSA) is 21.7 Å². The van der Waals surface area contributed by atoms with Crippen molar-refractivity contribution >= 4 is 0 Å². The maximum Gasteiger partial charge on any atom is 0.159 e. The van der Waals surface area contributed by atoms with Crippen LogP contribution in [0.3, 0.4) is 0 Å². The summed E-state index contributed by atoms with van der Waals surface area (Å²) < 4.78 is 13.1. The Morgan fingerprint density at radius 3 is 1.28 bits per heavy atom. The molecule has 2 aliphatic rings. The number of nitrogens with zero attached hydrogens (tertiary/aromatic N) is 1. The van der Waals surface area contributed by atoms with Gasteiger partial charge >= 0.3 is 0 Å². The molecule has 0 amide bonds. The highest BCUT2D eigenvalue weighted by molar-refractivity contribution is 4.93. The molecule has 0 saturated carbocycles. The van der Waals surface area contributed by atoms with Gasteiger partial charge in [-0.05, 0) is 103 Å². The number of ether oxygens (including phenoxy) is 2. The lowest BCUT2D eigenvalue weighted by Crippen LogP contribution is -2.25. The maximum atomic E-state index is 6.55. The van der Waals surface area contributed by atoms with E-state index in [9.17, 15) is 0 Å². The average molecular weight is 640 g/mol. The standard InChI is InChI=1S/C43H77NO2/c1-3-5-7-9-11-13-15-17-19-21-23-25-27-29-31-35-41-42(46-43(45-41)37-40-44-38-33-34-39-44)36-32-30-28-26-24-22-20-18-16-14-12-10-8-6-4-2/h11-14,17-20,41-43H,3-10,15-16,21-40H2,1-2H3/b13-11-,14-12-,19-17-,20-18-. The quantitative estimate of drug-likeness (QED) is 0.0556. The molecule has 3 nitrogen and oxygen atoms in total. The molecule has 0 radical (unpaired) electrons. The van der Waals surface area contributed by atoms with E-state index in [-0.39, 0.29) is 6.29 Å². The van der Waals surface area contributed by atoms with Crippen molar-refractivity contribution in [3.8, 4) is 0 Å². The van der Waals surface area contributed by atoms with Crippen LogP contribution in [-0.4, -0.2) is 43.0 Å². The fourth-order valence-electron chi connectivity index (χ4n) is 6.85. The second-order valence-corrected chi connectivity index (χ2v) is 14.2. The van der Waals surface area contributed by atoms with Crippen molar-refractivity contribution in [2.24, 2.45) is 0 Å². The van der Waals surface area contributed by atoms with Crippen molar-refractivity contribution in [2.75, 3.05) is 19.6 Å². The van der Waals surface area contributed by atoms with E-state index in [1.807, 2.05) is 0 Å². The van der Waals surface area contributed by atoms with Gasteiger partial charge in [-0.2, -0.15) is 0 Å². The van der Waals surface area contributed by atoms with Crippen molar-refractivity contribution < 1.29 is 9.47 Å². The van der Waals surface area contributed by atoms with Crippen LogP contribution in [0.15, 0.2) is 48.6 Å². The van der Waals surface area contributed by atoms with Crippen LogP contribution < -0.4 is 0 Å². The number of likely N-dealkylation sites (tertiary alicyclic amines) is 1. The molecule has 0 aliphatic carbocycles. The molecule has 2 unspecified atom stereocenters. The summed E-state index contributed by atoms with van der Waals surface area (Å²) >= 11 is 0. The number of hydrogen-bond donors (Lipinski definition) is 0. The van der Waals surface area contributed by atoms with Crippen molar-refractivity contribution in [1.29, 1.82) is 0 Å². The maximum absolute atomic E-state index is 6.55. The van der Waals surface area contributed by atoms with Gasteiger partial charge in [0.25, 0.3) is 0 Å². The number of hydrogen-bond acceptors (Lipinski definition) is 3. The van der Waals surface area contributed by atoms with Crippen LogP contribution in [0.25, 0.3) is 0 Å². The Morgan fingerprint density at radius 2 is 0.848 bits per heavy atom. The minimum Gasteiger partial charge on any atom is -0.347 e. The minimum atomic E-state index is 0.0199. The van der Waals surface area contributed by atoms with Crippen LogP contribution in [0.2, 0.25) is 0 Å². The Balaban J connectivity index is 1.53. The predicted octanol–water partition coefficient (Wildman–Crippen LogP) is 13.2.